The molecule has 0 aliphatic rings. The van der Waals surface area contributed by atoms with E-state index in [9.17, 15) is 14.7 Å². The SMILES string of the molecule is CC(=O)OC(C)n1nnc(-c2[nH]c(CO)c(C(=O)c3cccc(Br)c3)c2C)n1. The number of esters is 1. The van der Waals surface area contributed by atoms with Gasteiger partial charge in [0.05, 0.1) is 18.0 Å². The van der Waals surface area contributed by atoms with E-state index in [1.54, 1.807) is 32.0 Å². The summed E-state index contributed by atoms with van der Waals surface area (Å²) in [6.07, 6.45) is -0.728. The molecule has 2 N–H and O–H groups in total. The van der Waals surface area contributed by atoms with Crippen LogP contribution in [0.5, 0.6) is 0 Å². The Labute approximate surface area is 168 Å². The van der Waals surface area contributed by atoms with Gasteiger partial charge in [-0.25, -0.2) is 0 Å². The first-order chi connectivity index (χ1) is 13.3. The number of H-pyrrole nitrogens is 1. The summed E-state index contributed by atoms with van der Waals surface area (Å²) >= 11 is 3.36. The fraction of sp³-hybridized carbons (Fsp3) is 0.278. The predicted molar refractivity (Wildman–Crippen MR) is 102 cm³/mol. The Morgan fingerprint density at radius 3 is 2.79 bits per heavy atom. The minimum absolute atomic E-state index is 0.222. The highest BCUT2D eigenvalue weighted by molar-refractivity contribution is 9.10. The zero-order valence-corrected chi connectivity index (χ0v) is 17.0. The van der Waals surface area contributed by atoms with Crippen LogP contribution in [-0.2, 0) is 16.1 Å². The lowest BCUT2D eigenvalue weighted by Gasteiger charge is -2.08. The van der Waals surface area contributed by atoms with Crippen molar-refractivity contribution in [1.82, 2.24) is 25.2 Å². The van der Waals surface area contributed by atoms with Crippen LogP contribution in [-0.4, -0.2) is 42.1 Å². The molecule has 2 aromatic heterocycles. The predicted octanol–water partition coefficient (Wildman–Crippen LogP) is 2.54. The van der Waals surface area contributed by atoms with E-state index in [4.69, 9.17) is 4.74 Å². The number of ether oxygens (including phenoxy) is 1. The lowest BCUT2D eigenvalue weighted by Crippen LogP contribution is -2.15. The lowest BCUT2D eigenvalue weighted by molar-refractivity contribution is -0.151. The van der Waals surface area contributed by atoms with E-state index in [1.165, 1.54) is 6.92 Å². The van der Waals surface area contributed by atoms with Crippen molar-refractivity contribution >= 4 is 27.7 Å². The summed E-state index contributed by atoms with van der Waals surface area (Å²) in [5.41, 5.74) is 2.26. The van der Waals surface area contributed by atoms with E-state index in [0.717, 1.165) is 9.27 Å². The molecule has 0 fully saturated rings. The zero-order valence-electron chi connectivity index (χ0n) is 15.4. The third-order valence-electron chi connectivity index (χ3n) is 4.11. The van der Waals surface area contributed by atoms with Gasteiger partial charge >= 0.3 is 5.97 Å². The average molecular weight is 448 g/mol. The molecule has 0 aliphatic carbocycles. The number of halogens is 1. The van der Waals surface area contributed by atoms with E-state index < -0.39 is 12.2 Å². The summed E-state index contributed by atoms with van der Waals surface area (Å²) in [4.78, 5) is 28.3. The van der Waals surface area contributed by atoms with Crippen molar-refractivity contribution in [3.63, 3.8) is 0 Å². The second-order valence-corrected chi connectivity index (χ2v) is 7.03. The number of nitrogens with zero attached hydrogens (tertiary/aromatic N) is 4. The first kappa shape index (κ1) is 19.9. The highest BCUT2D eigenvalue weighted by Crippen LogP contribution is 2.28. The number of aliphatic hydroxyl groups excluding tert-OH is 1. The van der Waals surface area contributed by atoms with Gasteiger partial charge in [-0.05, 0) is 36.8 Å². The Balaban J connectivity index is 2.00. The van der Waals surface area contributed by atoms with E-state index in [2.05, 4.69) is 36.3 Å². The molecule has 1 unspecified atom stereocenters. The molecule has 0 saturated heterocycles. The Kier molecular flexibility index (Phi) is 5.71. The van der Waals surface area contributed by atoms with Crippen LogP contribution in [0.3, 0.4) is 0 Å². The number of benzene rings is 1. The van der Waals surface area contributed by atoms with Gasteiger partial charge in [0.2, 0.25) is 12.1 Å². The summed E-state index contributed by atoms with van der Waals surface area (Å²) < 4.78 is 5.80. The summed E-state index contributed by atoms with van der Waals surface area (Å²) in [7, 11) is 0. The number of carbonyl (C=O) groups excluding carboxylic acids is 2. The molecule has 2 heterocycles. The number of aromatic amines is 1. The fourth-order valence-electron chi connectivity index (χ4n) is 2.85. The largest absolute Gasteiger partial charge is 0.438 e. The number of carbonyl (C=O) groups is 2. The summed E-state index contributed by atoms with van der Waals surface area (Å²) in [5, 5.41) is 21.8. The maximum atomic E-state index is 13.0. The third-order valence-corrected chi connectivity index (χ3v) is 4.61. The maximum absolute atomic E-state index is 13.0. The van der Waals surface area contributed by atoms with Gasteiger partial charge in [-0.15, -0.1) is 15.0 Å². The number of aliphatic hydroxyl groups is 1. The fourth-order valence-corrected chi connectivity index (χ4v) is 3.25. The molecular formula is C18H18BrN5O4. The van der Waals surface area contributed by atoms with Crippen molar-refractivity contribution in [1.29, 1.82) is 0 Å². The van der Waals surface area contributed by atoms with E-state index >= 15 is 0 Å². The van der Waals surface area contributed by atoms with Crippen LogP contribution in [0.4, 0.5) is 0 Å². The van der Waals surface area contributed by atoms with Gasteiger partial charge in [0.1, 0.15) is 0 Å². The highest BCUT2D eigenvalue weighted by Gasteiger charge is 2.24. The van der Waals surface area contributed by atoms with Crippen molar-refractivity contribution in [2.24, 2.45) is 0 Å². The molecule has 0 spiro atoms. The van der Waals surface area contributed by atoms with Crippen molar-refractivity contribution in [2.75, 3.05) is 0 Å². The van der Waals surface area contributed by atoms with Gasteiger partial charge in [-0.1, -0.05) is 28.1 Å². The number of nitrogens with one attached hydrogen (secondary N) is 1. The highest BCUT2D eigenvalue weighted by atomic mass is 79.9. The molecule has 0 radical (unpaired) electrons. The van der Waals surface area contributed by atoms with Crippen LogP contribution in [0.15, 0.2) is 28.7 Å². The minimum atomic E-state index is -0.728. The molecular weight excluding hydrogens is 430 g/mol. The zero-order chi connectivity index (χ0) is 20.4. The molecule has 0 saturated carbocycles. The lowest BCUT2D eigenvalue weighted by atomic mass is 9.99. The van der Waals surface area contributed by atoms with Gasteiger partial charge in [0, 0.05) is 22.5 Å². The van der Waals surface area contributed by atoms with Crippen LogP contribution < -0.4 is 0 Å². The molecule has 1 aromatic carbocycles. The maximum Gasteiger partial charge on any atom is 0.304 e. The number of hydrogen-bond acceptors (Lipinski definition) is 7. The molecule has 0 aliphatic heterocycles. The molecule has 9 nitrogen and oxygen atoms in total. The number of aromatic nitrogens is 5. The van der Waals surface area contributed by atoms with Crippen LogP contribution in [0.1, 0.15) is 47.3 Å². The Bertz CT molecular complexity index is 1040. The number of rotatable bonds is 6. The Morgan fingerprint density at radius 2 is 2.14 bits per heavy atom. The van der Waals surface area contributed by atoms with Crippen molar-refractivity contribution in [3.05, 3.63) is 51.1 Å². The van der Waals surface area contributed by atoms with Crippen LogP contribution in [0.2, 0.25) is 0 Å². The van der Waals surface area contributed by atoms with Crippen molar-refractivity contribution < 1.29 is 19.4 Å². The van der Waals surface area contributed by atoms with E-state index in [1.807, 2.05) is 6.07 Å². The van der Waals surface area contributed by atoms with Crippen molar-refractivity contribution in [3.8, 4) is 11.5 Å². The number of ketones is 1. The van der Waals surface area contributed by atoms with E-state index in [0.29, 0.717) is 28.1 Å². The number of hydrogen-bond donors (Lipinski definition) is 2. The van der Waals surface area contributed by atoms with Crippen LogP contribution in [0.25, 0.3) is 11.5 Å². The second kappa shape index (κ2) is 8.03. The molecule has 146 valence electrons. The standard InChI is InChI=1S/C18H18BrN5O4/c1-9-15(17(27)12-5-4-6-13(19)7-12)14(8-25)20-16(9)18-21-23-24(22-18)10(2)28-11(3)26/h4-7,10,20,25H,8H2,1-3H3. The van der Waals surface area contributed by atoms with Gasteiger partial charge in [0.15, 0.2) is 5.78 Å². The summed E-state index contributed by atoms with van der Waals surface area (Å²) in [5.74, 6) is -0.475. The summed E-state index contributed by atoms with van der Waals surface area (Å²) in [6, 6.07) is 7.01. The second-order valence-electron chi connectivity index (χ2n) is 6.12. The van der Waals surface area contributed by atoms with Gasteiger partial charge in [-0.3, -0.25) is 9.59 Å². The first-order valence-corrected chi connectivity index (χ1v) is 9.20. The minimum Gasteiger partial charge on any atom is -0.438 e. The molecule has 1 atom stereocenters. The van der Waals surface area contributed by atoms with Gasteiger partial charge < -0.3 is 14.8 Å². The molecule has 28 heavy (non-hydrogen) atoms. The third kappa shape index (κ3) is 3.87. The van der Waals surface area contributed by atoms with Crippen molar-refractivity contribution in [2.45, 2.75) is 33.6 Å². The molecule has 10 heteroatoms. The Hall–Kier alpha value is -2.85. The van der Waals surface area contributed by atoms with Crippen LogP contribution in [0, 0.1) is 6.92 Å². The Morgan fingerprint density at radius 1 is 1.39 bits per heavy atom. The van der Waals surface area contributed by atoms with Gasteiger partial charge in [-0.2, -0.15) is 0 Å². The molecule has 3 aromatic rings. The molecule has 0 bridgehead atoms. The molecule has 3 rings (SSSR count). The summed E-state index contributed by atoms with van der Waals surface area (Å²) in [6.45, 7) is 4.28. The monoisotopic (exact) mass is 447 g/mol. The van der Waals surface area contributed by atoms with Crippen LogP contribution >= 0.6 is 15.9 Å². The number of tetrazole rings is 1. The van der Waals surface area contributed by atoms with Gasteiger partial charge in [0.25, 0.3) is 0 Å². The van der Waals surface area contributed by atoms with E-state index in [-0.39, 0.29) is 18.2 Å². The first-order valence-electron chi connectivity index (χ1n) is 8.41. The quantitative estimate of drug-likeness (QED) is 0.439. The molecule has 0 amide bonds. The smallest absolute Gasteiger partial charge is 0.304 e. The normalized spacial score (nSPS) is 12.0. The average Bonchev–Trinajstić information content (AvgIpc) is 3.25. The topological polar surface area (TPSA) is 123 Å².